The van der Waals surface area contributed by atoms with Crippen molar-refractivity contribution in [3.8, 4) is 0 Å². The molecule has 0 aromatic heterocycles. The Balaban J connectivity index is 5.88. The highest BCUT2D eigenvalue weighted by atomic mass is 33.9. The Morgan fingerprint density at radius 3 is 0.594 bits per heavy atom. The zero-order valence-electron chi connectivity index (χ0n) is 46.6. The average molecular weight is 1140 g/mol. The van der Waals surface area contributed by atoms with E-state index in [1.165, 1.54) is 193 Å². The third kappa shape index (κ3) is 42.4. The summed E-state index contributed by atoms with van der Waals surface area (Å²) in [6.07, 6.45) is 47.2. The number of rotatable bonds is 60. The molecular weight excluding hydrogens is 1030 g/mol. The van der Waals surface area contributed by atoms with Gasteiger partial charge in [-0.05, 0) is 100 Å². The van der Waals surface area contributed by atoms with E-state index >= 15 is 0 Å². The van der Waals surface area contributed by atoms with Crippen molar-refractivity contribution >= 4 is 88.3 Å². The van der Waals surface area contributed by atoms with Gasteiger partial charge < -0.3 is 26.6 Å². The van der Waals surface area contributed by atoms with Crippen LogP contribution in [0.3, 0.4) is 0 Å². The van der Waals surface area contributed by atoms with Gasteiger partial charge in [-0.3, -0.25) is 0 Å². The molecule has 2 atom stereocenters. The first-order chi connectivity index (χ1) is 34.0. The van der Waals surface area contributed by atoms with E-state index < -0.39 is 17.6 Å². The van der Waals surface area contributed by atoms with Crippen molar-refractivity contribution < 1.29 is 26.6 Å². The van der Waals surface area contributed by atoms with Crippen LogP contribution in [-0.2, 0) is 26.6 Å². The Hall–Kier alpha value is 2.64. The third-order valence-corrected chi connectivity index (χ3v) is 35.7. The molecule has 0 saturated carbocycles. The molecule has 0 aromatic carbocycles. The second kappa shape index (κ2) is 56.8. The van der Waals surface area contributed by atoms with Gasteiger partial charge in [-0.2, -0.15) is 0 Å². The third-order valence-electron chi connectivity index (χ3n) is 12.8. The monoisotopic (exact) mass is 1140 g/mol. The first-order valence-electron chi connectivity index (χ1n) is 29.5. The quantitative estimate of drug-likeness (QED) is 0.0330. The zero-order valence-corrected chi connectivity index (χ0v) is 54.3. The van der Waals surface area contributed by atoms with Crippen LogP contribution in [0.15, 0.2) is 0 Å². The molecule has 416 valence electrons. The summed E-state index contributed by atoms with van der Waals surface area (Å²) in [5, 5.41) is 0. The second-order valence-electron chi connectivity index (χ2n) is 19.2. The Bertz CT molecular complexity index is 839. The van der Waals surface area contributed by atoms with Crippen molar-refractivity contribution in [2.45, 2.75) is 309 Å². The maximum Gasteiger partial charge on any atom is 0.515 e. The summed E-state index contributed by atoms with van der Waals surface area (Å²) in [5.41, 5.74) is 0. The summed E-state index contributed by atoms with van der Waals surface area (Å²) in [6, 6.07) is 0. The smallest absolute Gasteiger partial charge is 0.373 e. The van der Waals surface area contributed by atoms with Gasteiger partial charge in [0.2, 0.25) is 0 Å². The number of hydrogen-bond donors (Lipinski definition) is 0. The SMILES string of the molecule is CCCCCCCCO[Si](OCCCCCCCC)(OCCCCCCCC)C(CC)SSSSSSSC(CC)[Si](OCCCCCCCC)(OCCCCCCCC)OCCCCCCCC. The molecule has 0 aliphatic heterocycles. The fourth-order valence-corrected chi connectivity index (χ4v) is 34.3. The van der Waals surface area contributed by atoms with Gasteiger partial charge in [-0.1, -0.05) is 270 Å². The molecule has 0 amide bonds. The van der Waals surface area contributed by atoms with Crippen LogP contribution < -0.4 is 0 Å². The van der Waals surface area contributed by atoms with Crippen molar-refractivity contribution in [2.24, 2.45) is 0 Å². The summed E-state index contributed by atoms with van der Waals surface area (Å²) in [5.74, 6) is 0. The predicted molar refractivity (Wildman–Crippen MR) is 329 cm³/mol. The average Bonchev–Trinajstić information content (AvgIpc) is 3.36. The Labute approximate surface area is 460 Å². The van der Waals surface area contributed by atoms with Gasteiger partial charge in [0.05, 0.1) is 9.75 Å². The Morgan fingerprint density at radius 1 is 0.232 bits per heavy atom. The summed E-state index contributed by atoms with van der Waals surface area (Å²) >= 11 is 0. The van der Waals surface area contributed by atoms with E-state index in [0.29, 0.717) is 0 Å². The fourth-order valence-electron chi connectivity index (χ4n) is 8.30. The maximum atomic E-state index is 7.02. The largest absolute Gasteiger partial charge is 0.515 e. The predicted octanol–water partition coefficient (Wildman–Crippen LogP) is 22.4. The van der Waals surface area contributed by atoms with Crippen molar-refractivity contribution in [1.29, 1.82) is 0 Å². The second-order valence-corrected chi connectivity index (χ2v) is 37.1. The molecule has 0 N–H and O–H groups in total. The number of hydrogen-bond acceptors (Lipinski definition) is 13. The molecule has 0 radical (unpaired) electrons. The van der Waals surface area contributed by atoms with Crippen LogP contribution in [0, 0.1) is 0 Å². The minimum absolute atomic E-state index is 0.204. The van der Waals surface area contributed by atoms with Crippen molar-refractivity contribution in [1.82, 2.24) is 0 Å². The van der Waals surface area contributed by atoms with Gasteiger partial charge in [0.1, 0.15) is 0 Å². The molecule has 69 heavy (non-hydrogen) atoms. The molecule has 15 heteroatoms. The van der Waals surface area contributed by atoms with Crippen LogP contribution in [0.5, 0.6) is 0 Å². The standard InChI is InChI=1S/C54H114O6S7Si2/c1-9-17-23-29-35-41-47-55-68(56-48-42-36-30-24-18-10-2,57-49-43-37-31-25-19-11-3)53(15-7)61-63-65-67-66-64-62-54(16-8)69(58-50-44-38-32-26-20-12-4,59-51-45-39-33-27-21-13-5)60-52-46-40-34-28-22-14-6/h53-54H,9-52H2,1-8H3. The lowest BCUT2D eigenvalue weighted by Gasteiger charge is -2.35. The van der Waals surface area contributed by atoms with E-state index in [4.69, 9.17) is 26.6 Å². The first-order valence-corrected chi connectivity index (χ1v) is 42.0. The van der Waals surface area contributed by atoms with Gasteiger partial charge in [-0.25, -0.2) is 0 Å². The summed E-state index contributed by atoms with van der Waals surface area (Å²) < 4.78 is 42.1. The molecule has 6 nitrogen and oxygen atoms in total. The van der Waals surface area contributed by atoms with Gasteiger partial charge in [0, 0.05) is 39.6 Å². The lowest BCUT2D eigenvalue weighted by atomic mass is 10.1. The van der Waals surface area contributed by atoms with Crippen molar-refractivity contribution in [2.75, 3.05) is 39.6 Å². The van der Waals surface area contributed by atoms with E-state index in [-0.39, 0.29) is 9.75 Å². The lowest BCUT2D eigenvalue weighted by Crippen LogP contribution is -2.55. The van der Waals surface area contributed by atoms with Crippen LogP contribution in [0.4, 0.5) is 0 Å². The van der Waals surface area contributed by atoms with E-state index in [2.05, 4.69) is 55.4 Å². The highest BCUT2D eigenvalue weighted by Gasteiger charge is 2.51. The van der Waals surface area contributed by atoms with Gasteiger partial charge in [0.25, 0.3) is 0 Å². The molecule has 0 bridgehead atoms. The first kappa shape index (κ1) is 71.6. The summed E-state index contributed by atoms with van der Waals surface area (Å²) in [7, 11) is 7.32. The van der Waals surface area contributed by atoms with Crippen LogP contribution in [0.25, 0.3) is 0 Å². The molecule has 0 aliphatic carbocycles. The van der Waals surface area contributed by atoms with Crippen LogP contribution in [0.2, 0.25) is 0 Å². The summed E-state index contributed by atoms with van der Waals surface area (Å²) in [6.45, 7) is 22.9. The molecule has 0 rings (SSSR count). The highest BCUT2D eigenvalue weighted by molar-refractivity contribution is 9.46. The molecule has 0 aliphatic rings. The number of unbranched alkanes of at least 4 members (excludes halogenated alkanes) is 30. The Kier molecular flexibility index (Phi) is 59.0. The van der Waals surface area contributed by atoms with Gasteiger partial charge in [0.15, 0.2) is 0 Å². The minimum Gasteiger partial charge on any atom is -0.373 e. The lowest BCUT2D eigenvalue weighted by molar-refractivity contribution is 0.0527. The van der Waals surface area contributed by atoms with Crippen molar-refractivity contribution in [3.05, 3.63) is 0 Å². The Morgan fingerprint density at radius 2 is 0.406 bits per heavy atom. The van der Waals surface area contributed by atoms with E-state index in [0.717, 1.165) is 91.0 Å². The zero-order chi connectivity index (χ0) is 50.5. The maximum absolute atomic E-state index is 7.02. The van der Waals surface area contributed by atoms with Crippen LogP contribution >= 0.6 is 70.7 Å². The normalized spacial score (nSPS) is 13.2. The molecule has 2 unspecified atom stereocenters. The summed E-state index contributed by atoms with van der Waals surface area (Å²) in [4.78, 5) is 0.408. The van der Waals surface area contributed by atoms with Crippen LogP contribution in [-0.4, -0.2) is 67.0 Å². The van der Waals surface area contributed by atoms with Crippen LogP contribution in [0.1, 0.15) is 299 Å². The minimum atomic E-state index is -2.97. The van der Waals surface area contributed by atoms with E-state index in [9.17, 15) is 0 Å². The van der Waals surface area contributed by atoms with Crippen molar-refractivity contribution in [3.63, 3.8) is 0 Å². The molecule has 0 spiro atoms. The molecule has 0 saturated heterocycles. The molecule has 0 heterocycles. The molecule has 0 aromatic rings. The van der Waals surface area contributed by atoms with Gasteiger partial charge >= 0.3 is 17.6 Å². The van der Waals surface area contributed by atoms with Gasteiger partial charge in [-0.15, -0.1) is 0 Å². The fraction of sp³-hybridized carbons (Fsp3) is 1.00. The van der Waals surface area contributed by atoms with E-state index in [1.54, 1.807) is 0 Å². The highest BCUT2D eigenvalue weighted by Crippen LogP contribution is 2.58. The van der Waals surface area contributed by atoms with E-state index in [1.807, 2.05) is 70.7 Å². The molecular formula is C54H114O6S7Si2. The molecule has 0 fully saturated rings. The topological polar surface area (TPSA) is 55.4 Å².